The van der Waals surface area contributed by atoms with Crippen LogP contribution in [0.4, 0.5) is 11.4 Å². The second-order valence-electron chi connectivity index (χ2n) is 9.17. The van der Waals surface area contributed by atoms with Crippen LogP contribution in [0.1, 0.15) is 26.3 Å². The smallest absolute Gasteiger partial charge is 0.272 e. The van der Waals surface area contributed by atoms with Gasteiger partial charge in [0.05, 0.1) is 10.7 Å². The van der Waals surface area contributed by atoms with E-state index >= 15 is 0 Å². The van der Waals surface area contributed by atoms with Crippen molar-refractivity contribution in [3.8, 4) is 0 Å². The minimum atomic E-state index is -0.542. The molecular weight excluding hydrogens is 552 g/mol. The minimum Gasteiger partial charge on any atom is -0.361 e. The highest BCUT2D eigenvalue weighted by Crippen LogP contribution is 2.25. The fourth-order valence-corrected chi connectivity index (χ4v) is 5.05. The van der Waals surface area contributed by atoms with Crippen molar-refractivity contribution < 1.29 is 19.3 Å². The zero-order valence-corrected chi connectivity index (χ0v) is 22.9. The number of thioether (sulfide) groups is 1. The lowest BCUT2D eigenvalue weighted by Gasteiger charge is -2.12. The monoisotopic (exact) mass is 576 g/mol. The third-order valence-electron chi connectivity index (χ3n) is 6.29. The largest absolute Gasteiger partial charge is 0.361 e. The number of nitro groups is 1. The summed E-state index contributed by atoms with van der Waals surface area (Å²) in [5, 5.41) is 17.5. The van der Waals surface area contributed by atoms with Gasteiger partial charge in [0.2, 0.25) is 0 Å². The van der Waals surface area contributed by atoms with Gasteiger partial charge in [0.1, 0.15) is 5.70 Å². The Hall–Kier alpha value is -5.48. The van der Waals surface area contributed by atoms with Crippen molar-refractivity contribution in [1.82, 2.24) is 10.3 Å². The van der Waals surface area contributed by atoms with Gasteiger partial charge in [0.15, 0.2) is 5.78 Å². The van der Waals surface area contributed by atoms with Crippen LogP contribution in [0.15, 0.2) is 120 Å². The Kier molecular flexibility index (Phi) is 8.55. The highest BCUT2D eigenvalue weighted by atomic mass is 32.2. The number of non-ortho nitro benzene ring substituents is 1. The lowest BCUT2D eigenvalue weighted by molar-refractivity contribution is -0.384. The number of nitrogens with zero attached hydrogens (tertiary/aromatic N) is 1. The number of fused-ring (bicyclic) bond motifs is 1. The molecule has 0 radical (unpaired) electrons. The number of hydrogen-bond donors (Lipinski definition) is 3. The van der Waals surface area contributed by atoms with Crippen molar-refractivity contribution in [3.63, 3.8) is 0 Å². The van der Waals surface area contributed by atoms with Crippen LogP contribution in [-0.2, 0) is 4.79 Å². The highest BCUT2D eigenvalue weighted by Gasteiger charge is 2.17. The fraction of sp³-hybridized carbons (Fsp3) is 0.0312. The molecule has 2 amide bonds. The Labute approximate surface area is 244 Å². The van der Waals surface area contributed by atoms with E-state index in [1.54, 1.807) is 66.9 Å². The Bertz CT molecular complexity index is 1830. The summed E-state index contributed by atoms with van der Waals surface area (Å²) in [6.45, 7) is 0. The van der Waals surface area contributed by atoms with Gasteiger partial charge in [-0.1, -0.05) is 54.6 Å². The van der Waals surface area contributed by atoms with Crippen molar-refractivity contribution >= 4 is 57.7 Å². The maximum atomic E-state index is 13.5. The van der Waals surface area contributed by atoms with Crippen molar-refractivity contribution in [3.05, 3.63) is 142 Å². The lowest BCUT2D eigenvalue weighted by atomic mass is 10.1. The van der Waals surface area contributed by atoms with Gasteiger partial charge in [-0.3, -0.25) is 24.5 Å². The van der Waals surface area contributed by atoms with Gasteiger partial charge in [-0.2, -0.15) is 0 Å². The third-order valence-corrected chi connectivity index (χ3v) is 7.28. The number of aromatic nitrogens is 1. The van der Waals surface area contributed by atoms with E-state index in [0.29, 0.717) is 16.1 Å². The van der Waals surface area contributed by atoms with Gasteiger partial charge >= 0.3 is 0 Å². The number of hydrogen-bond acceptors (Lipinski definition) is 6. The summed E-state index contributed by atoms with van der Waals surface area (Å²) in [6.07, 6.45) is 3.38. The number of nitro benzene ring substituents is 1. The van der Waals surface area contributed by atoms with Gasteiger partial charge in [0, 0.05) is 56.5 Å². The van der Waals surface area contributed by atoms with Crippen molar-refractivity contribution in [2.24, 2.45) is 0 Å². The normalized spacial score (nSPS) is 11.2. The first-order valence-corrected chi connectivity index (χ1v) is 13.8. The maximum Gasteiger partial charge on any atom is 0.272 e. The summed E-state index contributed by atoms with van der Waals surface area (Å²) in [4.78, 5) is 53.5. The number of ketones is 1. The molecule has 0 saturated heterocycles. The predicted octanol–water partition coefficient (Wildman–Crippen LogP) is 6.46. The molecule has 3 N–H and O–H groups in total. The quantitative estimate of drug-likeness (QED) is 0.0574. The zero-order valence-electron chi connectivity index (χ0n) is 22.1. The average Bonchev–Trinajstić information content (AvgIpc) is 3.42. The number of benzene rings is 4. The maximum absolute atomic E-state index is 13.5. The molecule has 1 aromatic heterocycles. The van der Waals surface area contributed by atoms with Gasteiger partial charge in [-0.05, 0) is 42.5 Å². The summed E-state index contributed by atoms with van der Waals surface area (Å²) in [5.41, 5.74) is 2.64. The van der Waals surface area contributed by atoms with Crippen molar-refractivity contribution in [2.45, 2.75) is 4.90 Å². The lowest BCUT2D eigenvalue weighted by Crippen LogP contribution is -2.30. The Balaban J connectivity index is 1.33. The number of aromatic amines is 1. The molecule has 10 heteroatoms. The van der Waals surface area contributed by atoms with Gasteiger partial charge in [-0.25, -0.2) is 0 Å². The molecule has 9 nitrogen and oxygen atoms in total. The molecule has 0 spiro atoms. The van der Waals surface area contributed by atoms with Crippen LogP contribution in [-0.4, -0.2) is 33.3 Å². The number of rotatable bonds is 10. The summed E-state index contributed by atoms with van der Waals surface area (Å²) in [7, 11) is 0. The molecule has 42 heavy (non-hydrogen) atoms. The molecule has 5 rings (SSSR count). The summed E-state index contributed by atoms with van der Waals surface area (Å²) in [5.74, 6) is -1.16. The van der Waals surface area contributed by atoms with Gasteiger partial charge in [-0.15, -0.1) is 11.8 Å². The molecular formula is C32H24N4O5S. The molecule has 0 saturated carbocycles. The SMILES string of the molecule is O=C(Nc1cccc(SCC(=O)c2cccc([N+](=O)[O-])c2)c1)/C(=C/c1c[nH]c2ccccc12)NC(=O)c1ccccc1. The van der Waals surface area contributed by atoms with Gasteiger partial charge < -0.3 is 15.6 Å². The first-order valence-electron chi connectivity index (χ1n) is 12.8. The molecule has 0 unspecified atom stereocenters. The number of nitrogens with one attached hydrogen (secondary N) is 3. The standard InChI is InChI=1S/C32H24N4O5S/c37-30(22-10-6-12-25(16-22)36(40)41)20-42-26-13-7-11-24(18-26)34-32(39)29(35-31(38)21-8-2-1-3-9-21)17-23-19-33-28-15-5-4-14-27(23)28/h1-19,33H,20H2,(H,34,39)(H,35,38)/b29-17-. The molecule has 0 bridgehead atoms. The molecule has 4 aromatic carbocycles. The zero-order chi connectivity index (χ0) is 29.5. The average molecular weight is 577 g/mol. The first kappa shape index (κ1) is 28.1. The van der Waals surface area contributed by atoms with Crippen LogP contribution in [0, 0.1) is 10.1 Å². The van der Waals surface area contributed by atoms with E-state index in [4.69, 9.17) is 0 Å². The number of para-hydroxylation sites is 1. The second-order valence-corrected chi connectivity index (χ2v) is 10.2. The number of Topliss-reactive ketones (excluding diaryl/α,β-unsaturated/α-hetero) is 1. The van der Waals surface area contributed by atoms with Crippen LogP contribution < -0.4 is 10.6 Å². The summed E-state index contributed by atoms with van der Waals surface area (Å²) in [6, 6.07) is 28.8. The minimum absolute atomic E-state index is 0.0486. The van der Waals surface area contributed by atoms with Crippen LogP contribution in [0.25, 0.3) is 17.0 Å². The number of anilines is 1. The molecule has 208 valence electrons. The van der Waals surface area contributed by atoms with Gasteiger partial charge in [0.25, 0.3) is 17.5 Å². The van der Waals surface area contributed by atoms with E-state index in [9.17, 15) is 24.5 Å². The Morgan fingerprint density at radius 2 is 1.60 bits per heavy atom. The molecule has 0 aliphatic rings. The number of carbonyl (C=O) groups is 3. The third kappa shape index (κ3) is 6.80. The van der Waals surface area contributed by atoms with Crippen LogP contribution >= 0.6 is 11.8 Å². The second kappa shape index (κ2) is 12.8. The van der Waals surface area contributed by atoms with Crippen molar-refractivity contribution in [1.29, 1.82) is 0 Å². The van der Waals surface area contributed by atoms with E-state index in [1.807, 2.05) is 24.3 Å². The van der Waals surface area contributed by atoms with E-state index < -0.39 is 16.7 Å². The van der Waals surface area contributed by atoms with Crippen molar-refractivity contribution in [2.75, 3.05) is 11.1 Å². The van der Waals surface area contributed by atoms with E-state index in [-0.39, 0.29) is 28.5 Å². The number of amides is 2. The summed E-state index contributed by atoms with van der Waals surface area (Å²) < 4.78 is 0. The molecule has 0 atom stereocenters. The first-order chi connectivity index (χ1) is 20.4. The fourth-order valence-electron chi connectivity index (χ4n) is 4.20. The summed E-state index contributed by atoms with van der Waals surface area (Å²) >= 11 is 1.24. The van der Waals surface area contributed by atoms with Crippen LogP contribution in [0.5, 0.6) is 0 Å². The number of H-pyrrole nitrogens is 1. The molecule has 0 aliphatic heterocycles. The van der Waals surface area contributed by atoms with E-state index in [2.05, 4.69) is 15.6 Å². The van der Waals surface area contributed by atoms with Crippen LogP contribution in [0.3, 0.4) is 0 Å². The molecule has 0 fully saturated rings. The van der Waals surface area contributed by atoms with E-state index in [1.165, 1.54) is 36.0 Å². The Morgan fingerprint density at radius 3 is 2.40 bits per heavy atom. The van der Waals surface area contributed by atoms with E-state index in [0.717, 1.165) is 16.5 Å². The molecule has 1 heterocycles. The molecule has 0 aliphatic carbocycles. The Morgan fingerprint density at radius 1 is 0.857 bits per heavy atom. The van der Waals surface area contributed by atoms with Crippen LogP contribution in [0.2, 0.25) is 0 Å². The molecule has 5 aromatic rings. The highest BCUT2D eigenvalue weighted by molar-refractivity contribution is 8.00. The topological polar surface area (TPSA) is 134 Å². The number of carbonyl (C=O) groups excluding carboxylic acids is 3. The predicted molar refractivity (Wildman–Crippen MR) is 163 cm³/mol.